The summed E-state index contributed by atoms with van der Waals surface area (Å²) >= 11 is 0. The van der Waals surface area contributed by atoms with Gasteiger partial charge in [0, 0.05) is 16.9 Å². The highest BCUT2D eigenvalue weighted by Gasteiger charge is 2.18. The van der Waals surface area contributed by atoms with Crippen molar-refractivity contribution in [1.82, 2.24) is 0 Å². The first-order chi connectivity index (χ1) is 14.8. The minimum atomic E-state index is -3.88. The number of benzene rings is 3. The van der Waals surface area contributed by atoms with Crippen molar-refractivity contribution in [2.45, 2.75) is 18.7 Å². The molecule has 0 aliphatic rings. The van der Waals surface area contributed by atoms with Crippen molar-refractivity contribution in [2.24, 2.45) is 0 Å². The largest absolute Gasteiger partial charge is 0.494 e. The Kier molecular flexibility index (Phi) is 6.58. The highest BCUT2D eigenvalue weighted by atomic mass is 32.2. The molecule has 7 nitrogen and oxygen atoms in total. The number of nitriles is 1. The van der Waals surface area contributed by atoms with E-state index in [-0.39, 0.29) is 4.90 Å². The van der Waals surface area contributed by atoms with E-state index < -0.39 is 15.9 Å². The van der Waals surface area contributed by atoms with Gasteiger partial charge >= 0.3 is 0 Å². The Bertz CT molecular complexity index is 1230. The van der Waals surface area contributed by atoms with E-state index in [4.69, 9.17) is 10.00 Å². The van der Waals surface area contributed by atoms with Crippen molar-refractivity contribution < 1.29 is 17.9 Å². The third-order valence-corrected chi connectivity index (χ3v) is 5.95. The van der Waals surface area contributed by atoms with E-state index in [2.05, 4.69) is 10.0 Å². The molecule has 3 aromatic rings. The SMILES string of the molecule is CCOc1ccc(NS(=O)(=O)c2cc(NC(=O)c3ccc(C#N)cc3)ccc2C)cc1. The van der Waals surface area contributed by atoms with Crippen LogP contribution in [0.3, 0.4) is 0 Å². The molecule has 0 radical (unpaired) electrons. The third kappa shape index (κ3) is 5.41. The number of hydrogen-bond donors (Lipinski definition) is 2. The van der Waals surface area contributed by atoms with Crippen LogP contribution in [0.4, 0.5) is 11.4 Å². The molecule has 0 spiro atoms. The fourth-order valence-corrected chi connectivity index (χ4v) is 4.19. The molecule has 0 unspecified atom stereocenters. The minimum absolute atomic E-state index is 0.0546. The zero-order valence-corrected chi connectivity index (χ0v) is 17.9. The Morgan fingerprint density at radius 3 is 2.26 bits per heavy atom. The molecular formula is C23H21N3O4S. The molecule has 2 N–H and O–H groups in total. The molecule has 0 atom stereocenters. The van der Waals surface area contributed by atoms with Gasteiger partial charge in [-0.1, -0.05) is 6.07 Å². The van der Waals surface area contributed by atoms with Crippen molar-refractivity contribution in [3.8, 4) is 11.8 Å². The van der Waals surface area contributed by atoms with Crippen LogP contribution in [0.15, 0.2) is 71.6 Å². The van der Waals surface area contributed by atoms with Crippen molar-refractivity contribution in [3.63, 3.8) is 0 Å². The van der Waals surface area contributed by atoms with Crippen LogP contribution >= 0.6 is 0 Å². The van der Waals surface area contributed by atoms with Crippen LogP contribution in [-0.4, -0.2) is 20.9 Å². The first kappa shape index (κ1) is 21.9. The first-order valence-electron chi connectivity index (χ1n) is 9.50. The average Bonchev–Trinajstić information content (AvgIpc) is 2.76. The number of amides is 1. The van der Waals surface area contributed by atoms with Crippen LogP contribution < -0.4 is 14.8 Å². The van der Waals surface area contributed by atoms with E-state index in [9.17, 15) is 13.2 Å². The fraction of sp³-hybridized carbons (Fsp3) is 0.130. The number of carbonyl (C=O) groups is 1. The van der Waals surface area contributed by atoms with Crippen LogP contribution in [0, 0.1) is 18.3 Å². The molecule has 158 valence electrons. The lowest BCUT2D eigenvalue weighted by molar-refractivity contribution is 0.102. The molecule has 0 heterocycles. The normalized spacial score (nSPS) is 10.7. The van der Waals surface area contributed by atoms with Gasteiger partial charge in [0.05, 0.1) is 23.1 Å². The summed E-state index contributed by atoms with van der Waals surface area (Å²) in [5.74, 6) is 0.241. The number of anilines is 2. The van der Waals surface area contributed by atoms with E-state index in [0.29, 0.717) is 40.4 Å². The van der Waals surface area contributed by atoms with Crippen LogP contribution in [0.1, 0.15) is 28.4 Å². The Labute approximate surface area is 181 Å². The molecule has 0 aliphatic carbocycles. The van der Waals surface area contributed by atoms with Crippen LogP contribution in [0.25, 0.3) is 0 Å². The molecule has 0 bridgehead atoms. The van der Waals surface area contributed by atoms with E-state index in [1.807, 2.05) is 13.0 Å². The van der Waals surface area contributed by atoms with Gasteiger partial charge in [-0.15, -0.1) is 0 Å². The first-order valence-corrected chi connectivity index (χ1v) is 11.0. The van der Waals surface area contributed by atoms with Gasteiger partial charge in [0.15, 0.2) is 0 Å². The lowest BCUT2D eigenvalue weighted by Gasteiger charge is -2.13. The minimum Gasteiger partial charge on any atom is -0.494 e. The van der Waals surface area contributed by atoms with E-state index in [0.717, 1.165) is 0 Å². The van der Waals surface area contributed by atoms with Gasteiger partial charge in [0.25, 0.3) is 15.9 Å². The van der Waals surface area contributed by atoms with Crippen LogP contribution in [0.5, 0.6) is 5.75 Å². The topological polar surface area (TPSA) is 108 Å². The van der Waals surface area contributed by atoms with Gasteiger partial charge in [-0.3, -0.25) is 9.52 Å². The third-order valence-electron chi connectivity index (χ3n) is 4.43. The molecule has 3 aromatic carbocycles. The van der Waals surface area contributed by atoms with Gasteiger partial charge in [-0.2, -0.15) is 5.26 Å². The van der Waals surface area contributed by atoms with Gasteiger partial charge in [-0.05, 0) is 80.1 Å². The monoisotopic (exact) mass is 435 g/mol. The number of nitrogens with zero attached hydrogens (tertiary/aromatic N) is 1. The van der Waals surface area contributed by atoms with Crippen molar-refractivity contribution >= 4 is 27.3 Å². The second kappa shape index (κ2) is 9.32. The summed E-state index contributed by atoms with van der Waals surface area (Å²) in [5.41, 5.74) is 2.08. The highest BCUT2D eigenvalue weighted by Crippen LogP contribution is 2.24. The molecule has 31 heavy (non-hydrogen) atoms. The Hall–Kier alpha value is -3.83. The highest BCUT2D eigenvalue weighted by molar-refractivity contribution is 7.92. The second-order valence-corrected chi connectivity index (χ2v) is 8.34. The van der Waals surface area contributed by atoms with Crippen LogP contribution in [-0.2, 0) is 10.0 Å². The molecule has 0 fully saturated rings. The van der Waals surface area contributed by atoms with Crippen LogP contribution in [0.2, 0.25) is 0 Å². The number of rotatable bonds is 7. The standard InChI is InChI=1S/C23H21N3O4S/c1-3-30-21-12-10-19(11-13-21)26-31(28,29)22-14-20(9-4-16(22)2)25-23(27)18-7-5-17(15-24)6-8-18/h4-14,26H,3H2,1-2H3,(H,25,27). The number of nitrogens with one attached hydrogen (secondary N) is 2. The van der Waals surface area contributed by atoms with E-state index in [1.54, 1.807) is 55.5 Å². The summed E-state index contributed by atoms with van der Waals surface area (Å²) in [6, 6.07) is 19.4. The molecule has 0 aromatic heterocycles. The Morgan fingerprint density at radius 1 is 1.00 bits per heavy atom. The average molecular weight is 436 g/mol. The number of hydrogen-bond acceptors (Lipinski definition) is 5. The molecule has 8 heteroatoms. The summed E-state index contributed by atoms with van der Waals surface area (Å²) in [7, 11) is -3.88. The summed E-state index contributed by atoms with van der Waals surface area (Å²) in [4.78, 5) is 12.5. The number of carbonyl (C=O) groups excluding carboxylic acids is 1. The van der Waals surface area contributed by atoms with Gasteiger partial charge in [-0.25, -0.2) is 8.42 Å². The number of aryl methyl sites for hydroxylation is 1. The maximum Gasteiger partial charge on any atom is 0.262 e. The molecular weight excluding hydrogens is 414 g/mol. The van der Waals surface area contributed by atoms with Gasteiger partial charge in [0.2, 0.25) is 0 Å². The van der Waals surface area contributed by atoms with Crippen molar-refractivity contribution in [3.05, 3.63) is 83.4 Å². The lowest BCUT2D eigenvalue weighted by atomic mass is 10.1. The zero-order chi connectivity index (χ0) is 22.4. The molecule has 3 rings (SSSR count). The molecule has 1 amide bonds. The summed E-state index contributed by atoms with van der Waals surface area (Å²) < 4.78 is 33.8. The smallest absolute Gasteiger partial charge is 0.262 e. The second-order valence-electron chi connectivity index (χ2n) is 6.69. The zero-order valence-electron chi connectivity index (χ0n) is 17.0. The maximum absolute atomic E-state index is 12.9. The quantitative estimate of drug-likeness (QED) is 0.575. The summed E-state index contributed by atoms with van der Waals surface area (Å²) in [6.45, 7) is 4.07. The Balaban J connectivity index is 1.80. The predicted octanol–water partition coefficient (Wildman–Crippen LogP) is 4.32. The van der Waals surface area contributed by atoms with Crippen molar-refractivity contribution in [1.29, 1.82) is 5.26 Å². The predicted molar refractivity (Wildman–Crippen MR) is 119 cm³/mol. The van der Waals surface area contributed by atoms with Gasteiger partial charge in [0.1, 0.15) is 5.75 Å². The molecule has 0 saturated heterocycles. The fourth-order valence-electron chi connectivity index (χ4n) is 2.86. The lowest BCUT2D eigenvalue weighted by Crippen LogP contribution is -2.16. The van der Waals surface area contributed by atoms with E-state index in [1.165, 1.54) is 18.2 Å². The number of ether oxygens (including phenoxy) is 1. The Morgan fingerprint density at radius 2 is 1.65 bits per heavy atom. The molecule has 0 saturated carbocycles. The number of sulfonamides is 1. The summed E-state index contributed by atoms with van der Waals surface area (Å²) in [6.07, 6.45) is 0. The van der Waals surface area contributed by atoms with Gasteiger partial charge < -0.3 is 10.1 Å². The van der Waals surface area contributed by atoms with E-state index >= 15 is 0 Å². The summed E-state index contributed by atoms with van der Waals surface area (Å²) in [5, 5.41) is 11.5. The maximum atomic E-state index is 12.9. The molecule has 0 aliphatic heterocycles. The van der Waals surface area contributed by atoms with Crippen molar-refractivity contribution in [2.75, 3.05) is 16.6 Å².